The monoisotopic (exact) mass is 391 g/mol. The molecule has 1 aromatic carbocycles. The van der Waals surface area contributed by atoms with Crippen molar-refractivity contribution in [2.24, 2.45) is 0 Å². The van der Waals surface area contributed by atoms with Crippen molar-refractivity contribution in [3.63, 3.8) is 0 Å². The molecule has 0 saturated carbocycles. The second-order valence-electron chi connectivity index (χ2n) is 5.10. The van der Waals surface area contributed by atoms with Gasteiger partial charge in [0.05, 0.1) is 5.75 Å². The third-order valence-corrected chi connectivity index (χ3v) is 5.46. The fraction of sp³-hybridized carbons (Fsp3) is 0.308. The summed E-state index contributed by atoms with van der Waals surface area (Å²) in [6, 6.07) is 8.65. The van der Waals surface area contributed by atoms with E-state index in [9.17, 15) is 21.6 Å². The summed E-state index contributed by atoms with van der Waals surface area (Å²) in [6.45, 7) is 0.0284. The van der Waals surface area contributed by atoms with Crippen LogP contribution in [0.3, 0.4) is 0 Å². The standard InChI is InChI=1S/C13H12F3N5O2S2/c14-13(15,16)11-18-19-12-21(11)20-10(24-12)6-7-17-25(22,23)8-9-4-2-1-3-5-9/h1-5,17H,6-8H2. The summed E-state index contributed by atoms with van der Waals surface area (Å²) < 4.78 is 65.2. The van der Waals surface area contributed by atoms with Crippen LogP contribution in [0.25, 0.3) is 4.96 Å². The first-order chi connectivity index (χ1) is 11.7. The molecule has 0 amide bonds. The number of aromatic nitrogens is 4. The average Bonchev–Trinajstić information content (AvgIpc) is 3.06. The third kappa shape index (κ3) is 4.32. The molecule has 0 saturated heterocycles. The van der Waals surface area contributed by atoms with Crippen LogP contribution in [-0.4, -0.2) is 34.8 Å². The number of nitrogens with zero attached hydrogens (tertiary/aromatic N) is 4. The maximum atomic E-state index is 12.7. The van der Waals surface area contributed by atoms with Crippen molar-refractivity contribution in [1.29, 1.82) is 0 Å². The van der Waals surface area contributed by atoms with E-state index in [0.29, 0.717) is 15.1 Å². The van der Waals surface area contributed by atoms with Gasteiger partial charge in [0.1, 0.15) is 5.01 Å². The predicted octanol–water partition coefficient (Wildman–Crippen LogP) is 1.87. The molecule has 1 N–H and O–H groups in total. The Morgan fingerprint density at radius 2 is 1.88 bits per heavy atom. The Morgan fingerprint density at radius 3 is 2.56 bits per heavy atom. The van der Waals surface area contributed by atoms with E-state index in [1.165, 1.54) is 0 Å². The van der Waals surface area contributed by atoms with Gasteiger partial charge in [-0.15, -0.1) is 10.2 Å². The van der Waals surface area contributed by atoms with Crippen LogP contribution in [-0.2, 0) is 28.4 Å². The third-order valence-electron chi connectivity index (χ3n) is 3.15. The first kappa shape index (κ1) is 17.8. The van der Waals surface area contributed by atoms with Crippen LogP contribution in [0.2, 0.25) is 0 Å². The molecule has 3 aromatic rings. The first-order valence-corrected chi connectivity index (χ1v) is 9.51. The second kappa shape index (κ2) is 6.69. The van der Waals surface area contributed by atoms with Gasteiger partial charge in [0.25, 0.3) is 5.82 Å². The lowest BCUT2D eigenvalue weighted by atomic mass is 10.2. The van der Waals surface area contributed by atoms with Crippen molar-refractivity contribution in [1.82, 2.24) is 24.5 Å². The summed E-state index contributed by atoms with van der Waals surface area (Å²) in [7, 11) is -3.54. The van der Waals surface area contributed by atoms with Gasteiger partial charge in [0.15, 0.2) is 0 Å². The number of benzene rings is 1. The lowest BCUT2D eigenvalue weighted by Gasteiger charge is -2.05. The molecule has 0 bridgehead atoms. The van der Waals surface area contributed by atoms with Crippen LogP contribution < -0.4 is 4.72 Å². The largest absolute Gasteiger partial charge is 0.453 e. The summed E-state index contributed by atoms with van der Waals surface area (Å²) >= 11 is 0.932. The van der Waals surface area contributed by atoms with Gasteiger partial charge in [-0.3, -0.25) is 0 Å². The molecule has 12 heteroatoms. The maximum Gasteiger partial charge on any atom is 0.453 e. The fourth-order valence-electron chi connectivity index (χ4n) is 2.09. The Bertz CT molecular complexity index is 967. The molecule has 2 aromatic heterocycles. The van der Waals surface area contributed by atoms with Gasteiger partial charge >= 0.3 is 6.18 Å². The fourth-order valence-corrected chi connectivity index (χ4v) is 4.07. The molecule has 3 rings (SSSR count). The minimum absolute atomic E-state index is 0.00877. The number of sulfonamides is 1. The molecule has 0 fully saturated rings. The lowest BCUT2D eigenvalue weighted by molar-refractivity contribution is -0.146. The van der Waals surface area contributed by atoms with Crippen molar-refractivity contribution < 1.29 is 21.6 Å². The average molecular weight is 391 g/mol. The molecule has 0 unspecified atom stereocenters. The molecule has 0 spiro atoms. The smallest absolute Gasteiger partial charge is 0.215 e. The van der Waals surface area contributed by atoms with Crippen LogP contribution in [0.15, 0.2) is 30.3 Å². The van der Waals surface area contributed by atoms with Gasteiger partial charge in [-0.2, -0.15) is 22.8 Å². The molecule has 2 heterocycles. The highest BCUT2D eigenvalue weighted by Crippen LogP contribution is 2.28. The van der Waals surface area contributed by atoms with E-state index in [0.717, 1.165) is 11.3 Å². The highest BCUT2D eigenvalue weighted by molar-refractivity contribution is 7.88. The Morgan fingerprint density at radius 1 is 1.16 bits per heavy atom. The molecular weight excluding hydrogens is 379 g/mol. The van der Waals surface area contributed by atoms with Crippen LogP contribution in [0.4, 0.5) is 13.2 Å². The van der Waals surface area contributed by atoms with E-state index in [1.807, 2.05) is 0 Å². The van der Waals surface area contributed by atoms with Crippen molar-refractivity contribution in [3.8, 4) is 0 Å². The molecule has 0 aliphatic rings. The number of alkyl halides is 3. The number of hydrogen-bond donors (Lipinski definition) is 1. The number of rotatable bonds is 6. The Balaban J connectivity index is 1.62. The second-order valence-corrected chi connectivity index (χ2v) is 7.95. The molecule has 7 nitrogen and oxygen atoms in total. The quantitative estimate of drug-likeness (QED) is 0.693. The predicted molar refractivity (Wildman–Crippen MR) is 84.4 cm³/mol. The van der Waals surface area contributed by atoms with Crippen molar-refractivity contribution in [2.75, 3.05) is 6.54 Å². The molecule has 134 valence electrons. The van der Waals surface area contributed by atoms with Gasteiger partial charge in [-0.1, -0.05) is 41.7 Å². The van der Waals surface area contributed by atoms with E-state index in [4.69, 9.17) is 0 Å². The van der Waals surface area contributed by atoms with Crippen molar-refractivity contribution in [2.45, 2.75) is 18.3 Å². The van der Waals surface area contributed by atoms with Gasteiger partial charge in [-0.05, 0) is 5.56 Å². The summed E-state index contributed by atoms with van der Waals surface area (Å²) in [4.78, 5) is 0.00877. The summed E-state index contributed by atoms with van der Waals surface area (Å²) in [5, 5.41) is 10.6. The van der Waals surface area contributed by atoms with E-state index >= 15 is 0 Å². The van der Waals surface area contributed by atoms with Crippen LogP contribution in [0.1, 0.15) is 16.4 Å². The normalized spacial score (nSPS) is 12.8. The SMILES string of the molecule is O=S(=O)(Cc1ccccc1)NCCc1nn2c(C(F)(F)F)nnc2s1. The zero-order valence-electron chi connectivity index (χ0n) is 12.6. The van der Waals surface area contributed by atoms with Crippen LogP contribution in [0.5, 0.6) is 0 Å². The highest BCUT2D eigenvalue weighted by Gasteiger charge is 2.38. The number of fused-ring (bicyclic) bond motifs is 1. The Labute approximate surface area is 144 Å². The Hall–Kier alpha value is -2.05. The molecule has 0 aliphatic carbocycles. The van der Waals surface area contributed by atoms with Gasteiger partial charge < -0.3 is 0 Å². The molecule has 0 radical (unpaired) electrons. The minimum atomic E-state index is -4.65. The molecular formula is C13H12F3N5O2S2. The van der Waals surface area contributed by atoms with Gasteiger partial charge in [-0.25, -0.2) is 13.1 Å². The molecule has 25 heavy (non-hydrogen) atoms. The van der Waals surface area contributed by atoms with Gasteiger partial charge in [0, 0.05) is 13.0 Å². The van der Waals surface area contributed by atoms with E-state index in [-0.39, 0.29) is 23.7 Å². The van der Waals surface area contributed by atoms with E-state index in [1.54, 1.807) is 30.3 Å². The number of hydrogen-bond acceptors (Lipinski definition) is 6. The zero-order valence-corrected chi connectivity index (χ0v) is 14.2. The van der Waals surface area contributed by atoms with E-state index in [2.05, 4.69) is 20.0 Å². The number of halogens is 3. The number of nitrogens with one attached hydrogen (secondary N) is 1. The van der Waals surface area contributed by atoms with Crippen LogP contribution >= 0.6 is 11.3 Å². The minimum Gasteiger partial charge on any atom is -0.215 e. The highest BCUT2D eigenvalue weighted by atomic mass is 32.2. The lowest BCUT2D eigenvalue weighted by Crippen LogP contribution is -2.27. The maximum absolute atomic E-state index is 12.7. The van der Waals surface area contributed by atoms with E-state index < -0.39 is 22.0 Å². The summed E-state index contributed by atoms with van der Waals surface area (Å²) in [6.07, 6.45) is -4.50. The topological polar surface area (TPSA) is 89.2 Å². The Kier molecular flexibility index (Phi) is 4.75. The van der Waals surface area contributed by atoms with Crippen LogP contribution in [0, 0.1) is 0 Å². The summed E-state index contributed by atoms with van der Waals surface area (Å²) in [5.41, 5.74) is 0.642. The first-order valence-electron chi connectivity index (χ1n) is 7.04. The summed E-state index contributed by atoms with van der Waals surface area (Å²) in [5.74, 6) is -1.37. The van der Waals surface area contributed by atoms with Crippen molar-refractivity contribution in [3.05, 3.63) is 46.7 Å². The zero-order chi connectivity index (χ0) is 18.1. The van der Waals surface area contributed by atoms with Gasteiger partial charge in [0.2, 0.25) is 15.0 Å². The molecule has 0 aliphatic heterocycles. The van der Waals surface area contributed by atoms with Crippen molar-refractivity contribution >= 4 is 26.3 Å². The molecule has 0 atom stereocenters.